The zero-order valence-corrected chi connectivity index (χ0v) is 13.1. The van der Waals surface area contributed by atoms with Crippen LogP contribution in [0.2, 0.25) is 0 Å². The number of nitrogens with zero attached hydrogens (tertiary/aromatic N) is 2. The van der Waals surface area contributed by atoms with E-state index in [1.807, 2.05) is 0 Å². The SMILES string of the molecule is Cc1ccc(-c2nc(CC(C)C)nc3c2CNCC3)cc1. The average Bonchev–Trinajstić information content (AvgIpc) is 2.46. The van der Waals surface area contributed by atoms with E-state index < -0.39 is 0 Å². The first kappa shape index (κ1) is 14.2. The molecule has 0 saturated carbocycles. The number of aromatic nitrogens is 2. The van der Waals surface area contributed by atoms with Crippen molar-refractivity contribution in [2.45, 2.75) is 40.2 Å². The third-order valence-corrected chi connectivity index (χ3v) is 3.90. The molecule has 0 radical (unpaired) electrons. The van der Waals surface area contributed by atoms with Crippen molar-refractivity contribution in [2.75, 3.05) is 6.54 Å². The molecule has 0 aliphatic carbocycles. The summed E-state index contributed by atoms with van der Waals surface area (Å²) in [4.78, 5) is 9.68. The van der Waals surface area contributed by atoms with Gasteiger partial charge in [0.1, 0.15) is 5.82 Å². The second-order valence-electron chi connectivity index (χ2n) is 6.30. The maximum absolute atomic E-state index is 4.87. The Balaban J connectivity index is 2.10. The molecule has 1 aromatic carbocycles. The lowest BCUT2D eigenvalue weighted by Gasteiger charge is -2.20. The molecule has 1 aliphatic heterocycles. The number of fused-ring (bicyclic) bond motifs is 1. The first-order chi connectivity index (χ1) is 10.1. The van der Waals surface area contributed by atoms with Crippen molar-refractivity contribution in [1.82, 2.24) is 15.3 Å². The van der Waals surface area contributed by atoms with E-state index in [0.29, 0.717) is 5.92 Å². The van der Waals surface area contributed by atoms with Gasteiger partial charge in [-0.25, -0.2) is 9.97 Å². The molecule has 1 N–H and O–H groups in total. The highest BCUT2D eigenvalue weighted by molar-refractivity contribution is 5.64. The molecule has 0 unspecified atom stereocenters. The Morgan fingerprint density at radius 2 is 1.90 bits per heavy atom. The van der Waals surface area contributed by atoms with Crippen molar-refractivity contribution >= 4 is 0 Å². The quantitative estimate of drug-likeness (QED) is 0.938. The van der Waals surface area contributed by atoms with E-state index in [1.165, 1.54) is 22.4 Å². The van der Waals surface area contributed by atoms with Gasteiger partial charge in [-0.3, -0.25) is 0 Å². The Labute approximate surface area is 126 Å². The molecule has 0 bridgehead atoms. The molecule has 1 aromatic heterocycles. The monoisotopic (exact) mass is 281 g/mol. The first-order valence-electron chi connectivity index (χ1n) is 7.80. The van der Waals surface area contributed by atoms with Crippen molar-refractivity contribution in [3.8, 4) is 11.3 Å². The van der Waals surface area contributed by atoms with Gasteiger partial charge >= 0.3 is 0 Å². The Kier molecular flexibility index (Phi) is 4.02. The smallest absolute Gasteiger partial charge is 0.129 e. The summed E-state index contributed by atoms with van der Waals surface area (Å²) in [6.45, 7) is 8.44. The van der Waals surface area contributed by atoms with Gasteiger partial charge in [0.2, 0.25) is 0 Å². The first-order valence-corrected chi connectivity index (χ1v) is 7.80. The second kappa shape index (κ2) is 5.94. The highest BCUT2D eigenvalue weighted by Gasteiger charge is 2.18. The van der Waals surface area contributed by atoms with E-state index in [-0.39, 0.29) is 0 Å². The minimum Gasteiger partial charge on any atom is -0.312 e. The van der Waals surface area contributed by atoms with Crippen LogP contribution in [0.3, 0.4) is 0 Å². The minimum absolute atomic E-state index is 0.579. The van der Waals surface area contributed by atoms with E-state index in [9.17, 15) is 0 Å². The molecule has 0 fully saturated rings. The third kappa shape index (κ3) is 3.13. The van der Waals surface area contributed by atoms with Gasteiger partial charge in [0.15, 0.2) is 0 Å². The van der Waals surface area contributed by atoms with Gasteiger partial charge in [-0.15, -0.1) is 0 Å². The highest BCUT2D eigenvalue weighted by Crippen LogP contribution is 2.26. The summed E-state index contributed by atoms with van der Waals surface area (Å²) < 4.78 is 0. The summed E-state index contributed by atoms with van der Waals surface area (Å²) in [5.74, 6) is 1.57. The molecule has 0 atom stereocenters. The van der Waals surface area contributed by atoms with Crippen molar-refractivity contribution in [1.29, 1.82) is 0 Å². The third-order valence-electron chi connectivity index (χ3n) is 3.90. The van der Waals surface area contributed by atoms with Gasteiger partial charge in [-0.05, 0) is 12.8 Å². The molecule has 110 valence electrons. The molecule has 21 heavy (non-hydrogen) atoms. The summed E-state index contributed by atoms with van der Waals surface area (Å²) in [7, 11) is 0. The summed E-state index contributed by atoms with van der Waals surface area (Å²) in [6, 6.07) is 8.65. The van der Waals surface area contributed by atoms with Gasteiger partial charge in [-0.2, -0.15) is 0 Å². The molecule has 3 nitrogen and oxygen atoms in total. The molecule has 0 saturated heterocycles. The maximum atomic E-state index is 4.87. The minimum atomic E-state index is 0.579. The lowest BCUT2D eigenvalue weighted by molar-refractivity contribution is 0.593. The number of benzene rings is 1. The van der Waals surface area contributed by atoms with E-state index in [1.54, 1.807) is 0 Å². The summed E-state index contributed by atoms with van der Waals surface area (Å²) in [6.07, 6.45) is 1.95. The van der Waals surface area contributed by atoms with E-state index >= 15 is 0 Å². The van der Waals surface area contributed by atoms with Crippen LogP contribution in [0.5, 0.6) is 0 Å². The molecule has 2 aromatic rings. The Morgan fingerprint density at radius 1 is 1.14 bits per heavy atom. The average molecular weight is 281 g/mol. The number of hydrogen-bond acceptors (Lipinski definition) is 3. The lowest BCUT2D eigenvalue weighted by atomic mass is 9.99. The number of nitrogens with one attached hydrogen (secondary N) is 1. The van der Waals surface area contributed by atoms with Crippen molar-refractivity contribution in [3.05, 3.63) is 46.9 Å². The summed E-state index contributed by atoms with van der Waals surface area (Å²) >= 11 is 0. The van der Waals surface area contributed by atoms with E-state index in [2.05, 4.69) is 50.4 Å². The largest absolute Gasteiger partial charge is 0.312 e. The number of aryl methyl sites for hydroxylation is 1. The fourth-order valence-electron chi connectivity index (χ4n) is 2.80. The predicted molar refractivity (Wildman–Crippen MR) is 86.2 cm³/mol. The normalized spacial score (nSPS) is 14.3. The fraction of sp³-hybridized carbons (Fsp3) is 0.444. The highest BCUT2D eigenvalue weighted by atomic mass is 14.9. The number of rotatable bonds is 3. The van der Waals surface area contributed by atoms with Gasteiger partial charge in [-0.1, -0.05) is 43.7 Å². The molecule has 0 spiro atoms. The van der Waals surface area contributed by atoms with Crippen LogP contribution < -0.4 is 5.32 Å². The van der Waals surface area contributed by atoms with Crippen LogP contribution in [0.4, 0.5) is 0 Å². The van der Waals surface area contributed by atoms with Gasteiger partial charge in [0, 0.05) is 37.1 Å². The van der Waals surface area contributed by atoms with Crippen molar-refractivity contribution in [3.63, 3.8) is 0 Å². The zero-order chi connectivity index (χ0) is 14.8. The standard InChI is InChI=1S/C18H23N3/c1-12(2)10-17-20-16-8-9-19-11-15(16)18(21-17)14-6-4-13(3)5-7-14/h4-7,12,19H,8-11H2,1-3H3. The van der Waals surface area contributed by atoms with Gasteiger partial charge in [0.05, 0.1) is 11.4 Å². The molecule has 0 amide bonds. The van der Waals surface area contributed by atoms with Crippen LogP contribution in [0.15, 0.2) is 24.3 Å². The van der Waals surface area contributed by atoms with Crippen molar-refractivity contribution in [2.24, 2.45) is 5.92 Å². The number of hydrogen-bond donors (Lipinski definition) is 1. The van der Waals surface area contributed by atoms with Crippen molar-refractivity contribution < 1.29 is 0 Å². The Bertz CT molecular complexity index is 630. The van der Waals surface area contributed by atoms with Crippen LogP contribution in [0, 0.1) is 12.8 Å². The zero-order valence-electron chi connectivity index (χ0n) is 13.1. The van der Waals surface area contributed by atoms with Gasteiger partial charge < -0.3 is 5.32 Å². The van der Waals surface area contributed by atoms with Crippen LogP contribution in [0.25, 0.3) is 11.3 Å². The van der Waals surface area contributed by atoms with E-state index in [0.717, 1.165) is 37.4 Å². The van der Waals surface area contributed by atoms with Crippen LogP contribution in [0.1, 0.15) is 36.5 Å². The molecule has 3 heteroatoms. The van der Waals surface area contributed by atoms with Crippen LogP contribution >= 0.6 is 0 Å². The fourth-order valence-corrected chi connectivity index (χ4v) is 2.80. The topological polar surface area (TPSA) is 37.8 Å². The molecular weight excluding hydrogens is 258 g/mol. The lowest BCUT2D eigenvalue weighted by Crippen LogP contribution is -2.26. The summed E-state index contributed by atoms with van der Waals surface area (Å²) in [5, 5.41) is 3.44. The predicted octanol–water partition coefficient (Wildman–Crippen LogP) is 3.30. The summed E-state index contributed by atoms with van der Waals surface area (Å²) in [5.41, 5.74) is 6.10. The second-order valence-corrected chi connectivity index (χ2v) is 6.30. The molecule has 1 aliphatic rings. The molecular formula is C18H23N3. The van der Waals surface area contributed by atoms with E-state index in [4.69, 9.17) is 9.97 Å². The Morgan fingerprint density at radius 3 is 2.62 bits per heavy atom. The Hall–Kier alpha value is -1.74. The molecule has 3 rings (SSSR count). The maximum Gasteiger partial charge on any atom is 0.129 e. The van der Waals surface area contributed by atoms with Crippen LogP contribution in [-0.2, 0) is 19.4 Å². The van der Waals surface area contributed by atoms with Gasteiger partial charge in [0.25, 0.3) is 0 Å². The molecule has 2 heterocycles. The van der Waals surface area contributed by atoms with Crippen LogP contribution in [-0.4, -0.2) is 16.5 Å².